The largest absolute Gasteiger partial charge is 0.317 e. The standard InChI is InChI=1S/C6H14N4/c1-6(8-2)4-3-5-9-10-7/h6,8H,3-5H2,1-2H3/t6-/m0/s1. The van der Waals surface area contributed by atoms with Gasteiger partial charge >= 0.3 is 0 Å². The summed E-state index contributed by atoms with van der Waals surface area (Å²) in [5.41, 5.74) is 7.93. The summed E-state index contributed by atoms with van der Waals surface area (Å²) >= 11 is 0. The second kappa shape index (κ2) is 6.39. The van der Waals surface area contributed by atoms with E-state index >= 15 is 0 Å². The van der Waals surface area contributed by atoms with E-state index in [1.165, 1.54) is 0 Å². The Morgan fingerprint density at radius 3 is 2.90 bits per heavy atom. The summed E-state index contributed by atoms with van der Waals surface area (Å²) < 4.78 is 0. The van der Waals surface area contributed by atoms with E-state index in [1.807, 2.05) is 7.05 Å². The van der Waals surface area contributed by atoms with Crippen molar-refractivity contribution in [2.75, 3.05) is 13.6 Å². The van der Waals surface area contributed by atoms with Gasteiger partial charge in [-0.1, -0.05) is 5.11 Å². The maximum Gasteiger partial charge on any atom is 0.0258 e. The lowest BCUT2D eigenvalue weighted by molar-refractivity contribution is 0.546. The van der Waals surface area contributed by atoms with E-state index in [2.05, 4.69) is 22.3 Å². The Morgan fingerprint density at radius 1 is 1.70 bits per heavy atom. The highest BCUT2D eigenvalue weighted by Gasteiger charge is 1.94. The highest BCUT2D eigenvalue weighted by molar-refractivity contribution is 4.57. The third kappa shape index (κ3) is 5.41. The summed E-state index contributed by atoms with van der Waals surface area (Å²) in [7, 11) is 1.93. The molecule has 0 unspecified atom stereocenters. The van der Waals surface area contributed by atoms with E-state index < -0.39 is 0 Å². The van der Waals surface area contributed by atoms with Crippen LogP contribution in [0.25, 0.3) is 10.4 Å². The Balaban J connectivity index is 3.10. The van der Waals surface area contributed by atoms with Crippen molar-refractivity contribution in [1.82, 2.24) is 5.32 Å². The van der Waals surface area contributed by atoms with Crippen molar-refractivity contribution in [2.45, 2.75) is 25.8 Å². The molecule has 0 rings (SSSR count). The van der Waals surface area contributed by atoms with Gasteiger partial charge in [-0.3, -0.25) is 0 Å². The number of azide groups is 1. The van der Waals surface area contributed by atoms with Crippen LogP contribution in [-0.2, 0) is 0 Å². The zero-order valence-corrected chi connectivity index (χ0v) is 6.54. The summed E-state index contributed by atoms with van der Waals surface area (Å²) in [6.45, 7) is 2.72. The lowest BCUT2D eigenvalue weighted by Crippen LogP contribution is -2.20. The van der Waals surface area contributed by atoms with Crippen LogP contribution < -0.4 is 5.32 Å². The molecule has 0 saturated heterocycles. The van der Waals surface area contributed by atoms with E-state index in [-0.39, 0.29) is 0 Å². The second-order valence-corrected chi connectivity index (χ2v) is 2.29. The summed E-state index contributed by atoms with van der Waals surface area (Å²) in [5.74, 6) is 0. The van der Waals surface area contributed by atoms with E-state index in [0.717, 1.165) is 12.8 Å². The maximum atomic E-state index is 7.93. The summed E-state index contributed by atoms with van der Waals surface area (Å²) in [6, 6.07) is 0.522. The van der Waals surface area contributed by atoms with Gasteiger partial charge in [-0.15, -0.1) is 0 Å². The average Bonchev–Trinajstić information content (AvgIpc) is 1.98. The minimum Gasteiger partial charge on any atom is -0.317 e. The molecule has 0 saturated carbocycles. The monoisotopic (exact) mass is 142 g/mol. The molecule has 4 nitrogen and oxygen atoms in total. The van der Waals surface area contributed by atoms with Crippen LogP contribution in [-0.4, -0.2) is 19.6 Å². The fourth-order valence-corrected chi connectivity index (χ4v) is 0.657. The first-order chi connectivity index (χ1) is 4.81. The second-order valence-electron chi connectivity index (χ2n) is 2.29. The van der Waals surface area contributed by atoms with Crippen LogP contribution in [0.5, 0.6) is 0 Å². The smallest absolute Gasteiger partial charge is 0.0258 e. The summed E-state index contributed by atoms with van der Waals surface area (Å²) in [5, 5.41) is 6.54. The molecule has 0 aliphatic carbocycles. The first kappa shape index (κ1) is 9.27. The predicted molar refractivity (Wildman–Crippen MR) is 41.8 cm³/mol. The summed E-state index contributed by atoms with van der Waals surface area (Å²) in [6.07, 6.45) is 2.03. The molecular formula is C6H14N4. The van der Waals surface area contributed by atoms with E-state index in [0.29, 0.717) is 12.6 Å². The highest BCUT2D eigenvalue weighted by Crippen LogP contribution is 1.95. The topological polar surface area (TPSA) is 60.8 Å². The maximum absolute atomic E-state index is 7.93. The SMILES string of the molecule is CN[C@@H](C)CCCN=[N+]=[N-]. The van der Waals surface area contributed by atoms with Gasteiger partial charge in [0, 0.05) is 17.5 Å². The number of hydrogen-bond acceptors (Lipinski definition) is 2. The Labute approximate surface area is 61.2 Å². The van der Waals surface area contributed by atoms with Gasteiger partial charge in [0.05, 0.1) is 0 Å². The van der Waals surface area contributed by atoms with Crippen molar-refractivity contribution in [1.29, 1.82) is 0 Å². The minimum absolute atomic E-state index is 0.522. The predicted octanol–water partition coefficient (Wildman–Crippen LogP) is 1.68. The van der Waals surface area contributed by atoms with Crippen LogP contribution in [0.1, 0.15) is 19.8 Å². The number of rotatable bonds is 5. The number of nitrogens with one attached hydrogen (secondary N) is 1. The van der Waals surface area contributed by atoms with Crippen LogP contribution >= 0.6 is 0 Å². The molecule has 0 radical (unpaired) electrons. The molecule has 1 N–H and O–H groups in total. The molecule has 1 atom stereocenters. The molecule has 0 spiro atoms. The molecule has 4 heteroatoms. The third-order valence-electron chi connectivity index (χ3n) is 1.45. The van der Waals surface area contributed by atoms with E-state index in [4.69, 9.17) is 5.53 Å². The minimum atomic E-state index is 0.522. The van der Waals surface area contributed by atoms with Gasteiger partial charge in [-0.05, 0) is 32.3 Å². The van der Waals surface area contributed by atoms with Crippen molar-refractivity contribution >= 4 is 0 Å². The van der Waals surface area contributed by atoms with Crippen LogP contribution in [0, 0.1) is 0 Å². The van der Waals surface area contributed by atoms with Gasteiger partial charge in [-0.2, -0.15) is 0 Å². The quantitative estimate of drug-likeness (QED) is 0.270. The van der Waals surface area contributed by atoms with Crippen LogP contribution in [0.15, 0.2) is 5.11 Å². The molecule has 58 valence electrons. The molecule has 0 aromatic carbocycles. The van der Waals surface area contributed by atoms with Gasteiger partial charge in [0.1, 0.15) is 0 Å². The number of hydrogen-bond donors (Lipinski definition) is 1. The first-order valence-electron chi connectivity index (χ1n) is 3.49. The summed E-state index contributed by atoms with van der Waals surface area (Å²) in [4.78, 5) is 2.66. The van der Waals surface area contributed by atoms with Gasteiger partial charge in [0.25, 0.3) is 0 Å². The molecule has 0 fully saturated rings. The zero-order chi connectivity index (χ0) is 7.82. The van der Waals surface area contributed by atoms with Gasteiger partial charge in [0.2, 0.25) is 0 Å². The average molecular weight is 142 g/mol. The van der Waals surface area contributed by atoms with Crippen molar-refractivity contribution in [2.24, 2.45) is 5.11 Å². The molecule has 0 amide bonds. The van der Waals surface area contributed by atoms with Gasteiger partial charge in [-0.25, -0.2) is 0 Å². The van der Waals surface area contributed by atoms with Crippen molar-refractivity contribution in [3.63, 3.8) is 0 Å². The Kier molecular flexibility index (Phi) is 5.92. The molecule has 0 aromatic heterocycles. The van der Waals surface area contributed by atoms with Gasteiger partial charge in [0.15, 0.2) is 0 Å². The first-order valence-corrected chi connectivity index (χ1v) is 3.49. The molecule has 0 aliphatic rings. The van der Waals surface area contributed by atoms with E-state index in [9.17, 15) is 0 Å². The van der Waals surface area contributed by atoms with Crippen LogP contribution in [0.2, 0.25) is 0 Å². The lowest BCUT2D eigenvalue weighted by atomic mass is 10.2. The molecule has 0 bridgehead atoms. The Hall–Kier alpha value is -0.730. The normalized spacial score (nSPS) is 12.2. The Bertz CT molecular complexity index is 117. The molecule has 0 aliphatic heterocycles. The molecular weight excluding hydrogens is 128 g/mol. The van der Waals surface area contributed by atoms with Crippen LogP contribution in [0.3, 0.4) is 0 Å². The Morgan fingerprint density at radius 2 is 2.40 bits per heavy atom. The van der Waals surface area contributed by atoms with Crippen molar-refractivity contribution < 1.29 is 0 Å². The molecule has 10 heavy (non-hydrogen) atoms. The lowest BCUT2D eigenvalue weighted by Gasteiger charge is -2.06. The zero-order valence-electron chi connectivity index (χ0n) is 6.54. The van der Waals surface area contributed by atoms with E-state index in [1.54, 1.807) is 0 Å². The molecule has 0 heterocycles. The number of nitrogens with zero attached hydrogens (tertiary/aromatic N) is 3. The highest BCUT2D eigenvalue weighted by atomic mass is 15.1. The van der Waals surface area contributed by atoms with Crippen molar-refractivity contribution in [3.05, 3.63) is 10.4 Å². The van der Waals surface area contributed by atoms with Gasteiger partial charge < -0.3 is 5.32 Å². The molecule has 0 aromatic rings. The third-order valence-corrected chi connectivity index (χ3v) is 1.45. The van der Waals surface area contributed by atoms with Crippen LogP contribution in [0.4, 0.5) is 0 Å². The fourth-order valence-electron chi connectivity index (χ4n) is 0.657. The van der Waals surface area contributed by atoms with Crippen molar-refractivity contribution in [3.8, 4) is 0 Å². The fraction of sp³-hybridized carbons (Fsp3) is 1.00.